The van der Waals surface area contributed by atoms with E-state index in [0.29, 0.717) is 0 Å². The monoisotopic (exact) mass is 359 g/mol. The van der Waals surface area contributed by atoms with Crippen LogP contribution in [0.2, 0.25) is 0 Å². The van der Waals surface area contributed by atoms with Gasteiger partial charge in [-0.2, -0.15) is 0 Å². The van der Waals surface area contributed by atoms with Crippen molar-refractivity contribution in [2.45, 2.75) is 26.7 Å². The van der Waals surface area contributed by atoms with Crippen molar-refractivity contribution in [2.24, 2.45) is 0 Å². The number of benzene rings is 2. The highest BCUT2D eigenvalue weighted by atomic mass is 32.1. The quantitative estimate of drug-likeness (QED) is 0.518. The van der Waals surface area contributed by atoms with Crippen molar-refractivity contribution in [3.05, 3.63) is 64.7 Å². The smallest absolute Gasteiger partial charge is 0.194 e. The van der Waals surface area contributed by atoms with Gasteiger partial charge < -0.3 is 5.32 Å². The molecule has 3 heterocycles. The Morgan fingerprint density at radius 2 is 1.92 bits per heavy atom. The summed E-state index contributed by atoms with van der Waals surface area (Å²) in [5, 5.41) is 3.42. The van der Waals surface area contributed by atoms with Gasteiger partial charge in [0.1, 0.15) is 0 Å². The van der Waals surface area contributed by atoms with Crippen molar-refractivity contribution >= 4 is 22.0 Å². The highest BCUT2D eigenvalue weighted by Crippen LogP contribution is 2.34. The van der Waals surface area contributed by atoms with E-state index >= 15 is 0 Å². The van der Waals surface area contributed by atoms with Gasteiger partial charge in [0.2, 0.25) is 0 Å². The second kappa shape index (κ2) is 5.99. The number of nitrogens with zero attached hydrogens (tertiary/aromatic N) is 2. The summed E-state index contributed by atoms with van der Waals surface area (Å²) in [5.41, 5.74) is 8.80. The van der Waals surface area contributed by atoms with E-state index in [-0.39, 0.29) is 0 Å². The lowest BCUT2D eigenvalue weighted by Crippen LogP contribution is -1.90. The molecule has 0 atom stereocenters. The molecule has 0 amide bonds. The highest BCUT2D eigenvalue weighted by Gasteiger charge is 2.16. The number of imidazole rings is 1. The molecule has 2 aromatic carbocycles. The molecule has 130 valence electrons. The van der Waals surface area contributed by atoms with Crippen molar-refractivity contribution in [1.29, 1.82) is 0 Å². The number of hydrogen-bond acceptors (Lipinski definition) is 3. The largest absolute Gasteiger partial charge is 0.384 e. The Bertz CT molecular complexity index is 1100. The number of nitrogens with one attached hydrogen (secondary N) is 1. The molecule has 1 aliphatic rings. The molecule has 0 aliphatic carbocycles. The standard InChI is InChI=1S/C22H21N3S/c1-3-15-4-6-16(7-5-15)21-14(2)26-22-24-20(13-25(21)22)17-8-9-19-18(12-17)10-11-23-19/h4-9,12-13,23H,3,10-11H2,1-2H3. The molecule has 26 heavy (non-hydrogen) atoms. The molecule has 2 aromatic heterocycles. The Balaban J connectivity index is 1.61. The fraction of sp³-hybridized carbons (Fsp3) is 0.227. The Hall–Kier alpha value is -2.59. The van der Waals surface area contributed by atoms with Crippen LogP contribution < -0.4 is 5.32 Å². The summed E-state index contributed by atoms with van der Waals surface area (Å²) in [7, 11) is 0. The summed E-state index contributed by atoms with van der Waals surface area (Å²) >= 11 is 1.76. The van der Waals surface area contributed by atoms with E-state index in [1.54, 1.807) is 11.3 Å². The topological polar surface area (TPSA) is 29.3 Å². The first-order valence-electron chi connectivity index (χ1n) is 9.18. The van der Waals surface area contributed by atoms with E-state index in [9.17, 15) is 0 Å². The molecule has 0 fully saturated rings. The van der Waals surface area contributed by atoms with Crippen LogP contribution in [0.1, 0.15) is 22.9 Å². The molecule has 0 spiro atoms. The van der Waals surface area contributed by atoms with E-state index in [0.717, 1.165) is 30.0 Å². The van der Waals surface area contributed by atoms with Crippen molar-refractivity contribution in [1.82, 2.24) is 9.38 Å². The molecule has 1 N–H and O–H groups in total. The van der Waals surface area contributed by atoms with Crippen molar-refractivity contribution < 1.29 is 0 Å². The van der Waals surface area contributed by atoms with Crippen LogP contribution in [0.3, 0.4) is 0 Å². The zero-order chi connectivity index (χ0) is 17.7. The van der Waals surface area contributed by atoms with Crippen molar-refractivity contribution in [3.63, 3.8) is 0 Å². The maximum absolute atomic E-state index is 4.91. The van der Waals surface area contributed by atoms with Gasteiger partial charge >= 0.3 is 0 Å². The number of aromatic nitrogens is 2. The molecule has 4 aromatic rings. The summed E-state index contributed by atoms with van der Waals surface area (Å²) < 4.78 is 2.25. The average Bonchev–Trinajstić information content (AvgIpc) is 3.35. The third-order valence-electron chi connectivity index (χ3n) is 5.24. The predicted octanol–water partition coefficient (Wildman–Crippen LogP) is 5.57. The molecule has 0 saturated heterocycles. The second-order valence-electron chi connectivity index (χ2n) is 6.88. The Kier molecular flexibility index (Phi) is 3.61. The van der Waals surface area contributed by atoms with Crippen LogP contribution >= 0.6 is 11.3 Å². The Morgan fingerprint density at radius 1 is 1.12 bits per heavy atom. The number of rotatable bonds is 3. The van der Waals surface area contributed by atoms with Gasteiger partial charge in [0.15, 0.2) is 4.96 Å². The molecular weight excluding hydrogens is 338 g/mol. The first kappa shape index (κ1) is 15.6. The van der Waals surface area contributed by atoms with Crippen LogP contribution in [-0.4, -0.2) is 15.9 Å². The van der Waals surface area contributed by atoms with Crippen LogP contribution in [0, 0.1) is 6.92 Å². The van der Waals surface area contributed by atoms with Gasteiger partial charge in [0, 0.05) is 28.9 Å². The summed E-state index contributed by atoms with van der Waals surface area (Å²) in [4.78, 5) is 7.28. The fourth-order valence-corrected chi connectivity index (χ4v) is 4.77. The first-order valence-corrected chi connectivity index (χ1v) is 9.99. The third kappa shape index (κ3) is 2.44. The van der Waals surface area contributed by atoms with Gasteiger partial charge in [-0.05, 0) is 48.6 Å². The second-order valence-corrected chi connectivity index (χ2v) is 8.07. The maximum Gasteiger partial charge on any atom is 0.194 e. The molecule has 1 aliphatic heterocycles. The summed E-state index contributed by atoms with van der Waals surface area (Å²) in [5.74, 6) is 0. The zero-order valence-corrected chi connectivity index (χ0v) is 15.9. The SMILES string of the molecule is CCc1ccc(-c2c(C)sc3nc(-c4ccc5c(c4)CCN5)cn23)cc1. The van der Waals surface area contributed by atoms with Crippen LogP contribution in [0.15, 0.2) is 48.7 Å². The first-order chi connectivity index (χ1) is 12.7. The maximum atomic E-state index is 4.91. The van der Waals surface area contributed by atoms with Crippen LogP contribution in [0.25, 0.3) is 27.5 Å². The summed E-state index contributed by atoms with van der Waals surface area (Å²) in [6.07, 6.45) is 4.35. The Morgan fingerprint density at radius 3 is 2.73 bits per heavy atom. The number of aryl methyl sites for hydroxylation is 2. The van der Waals surface area contributed by atoms with Crippen molar-refractivity contribution in [3.8, 4) is 22.5 Å². The summed E-state index contributed by atoms with van der Waals surface area (Å²) in [6.45, 7) is 5.41. The molecule has 0 radical (unpaired) electrons. The van der Waals surface area contributed by atoms with Gasteiger partial charge in [0.25, 0.3) is 0 Å². The number of fused-ring (bicyclic) bond motifs is 2. The molecule has 4 heteroatoms. The molecular formula is C22H21N3S. The molecule has 0 unspecified atom stereocenters. The number of thiazole rings is 1. The summed E-state index contributed by atoms with van der Waals surface area (Å²) in [6, 6.07) is 15.5. The zero-order valence-electron chi connectivity index (χ0n) is 15.0. The van der Waals surface area contributed by atoms with Crippen LogP contribution in [-0.2, 0) is 12.8 Å². The van der Waals surface area contributed by atoms with Crippen molar-refractivity contribution in [2.75, 3.05) is 11.9 Å². The van der Waals surface area contributed by atoms with E-state index in [4.69, 9.17) is 4.98 Å². The van der Waals surface area contributed by atoms with Gasteiger partial charge in [0.05, 0.1) is 11.4 Å². The van der Waals surface area contributed by atoms with Gasteiger partial charge in [-0.15, -0.1) is 11.3 Å². The number of anilines is 1. The van der Waals surface area contributed by atoms with Gasteiger partial charge in [-0.1, -0.05) is 37.3 Å². The van der Waals surface area contributed by atoms with E-state index in [2.05, 4.69) is 72.2 Å². The van der Waals surface area contributed by atoms with Crippen LogP contribution in [0.5, 0.6) is 0 Å². The van der Waals surface area contributed by atoms with Crippen LogP contribution in [0.4, 0.5) is 5.69 Å². The lowest BCUT2D eigenvalue weighted by molar-refractivity contribution is 1.11. The number of hydrogen-bond donors (Lipinski definition) is 1. The minimum atomic E-state index is 1.04. The van der Waals surface area contributed by atoms with Gasteiger partial charge in [-0.25, -0.2) is 4.98 Å². The minimum Gasteiger partial charge on any atom is -0.384 e. The van der Waals surface area contributed by atoms with E-state index in [1.807, 2.05) is 0 Å². The van der Waals surface area contributed by atoms with E-state index in [1.165, 1.54) is 38.5 Å². The average molecular weight is 359 g/mol. The lowest BCUT2D eigenvalue weighted by Gasteiger charge is -2.04. The molecule has 0 saturated carbocycles. The molecule has 0 bridgehead atoms. The fourth-order valence-electron chi connectivity index (χ4n) is 3.79. The minimum absolute atomic E-state index is 1.04. The molecule has 5 rings (SSSR count). The van der Waals surface area contributed by atoms with Gasteiger partial charge in [-0.3, -0.25) is 4.40 Å². The predicted molar refractivity (Wildman–Crippen MR) is 110 cm³/mol. The Labute approximate surface area is 157 Å². The van der Waals surface area contributed by atoms with E-state index < -0.39 is 0 Å². The molecule has 3 nitrogen and oxygen atoms in total. The normalized spacial score (nSPS) is 13.2. The third-order valence-corrected chi connectivity index (χ3v) is 6.21. The highest BCUT2D eigenvalue weighted by molar-refractivity contribution is 7.17. The lowest BCUT2D eigenvalue weighted by atomic mass is 10.1.